The lowest BCUT2D eigenvalue weighted by atomic mass is 10.1. The molecule has 0 saturated carbocycles. The van der Waals surface area contributed by atoms with Crippen LogP contribution in [0.1, 0.15) is 11.1 Å². The van der Waals surface area contributed by atoms with Crippen LogP contribution in [0.4, 0.5) is 0 Å². The summed E-state index contributed by atoms with van der Waals surface area (Å²) in [5.74, 6) is 0.636. The van der Waals surface area contributed by atoms with Crippen LogP contribution in [0.25, 0.3) is 0 Å². The molecule has 0 spiro atoms. The van der Waals surface area contributed by atoms with Crippen molar-refractivity contribution in [3.8, 4) is 0 Å². The van der Waals surface area contributed by atoms with Gasteiger partial charge in [0.25, 0.3) is 0 Å². The Morgan fingerprint density at radius 3 is 3.08 bits per heavy atom. The van der Waals surface area contributed by atoms with Gasteiger partial charge in [-0.1, -0.05) is 23.9 Å². The summed E-state index contributed by atoms with van der Waals surface area (Å²) < 4.78 is 0. The van der Waals surface area contributed by atoms with E-state index in [0.29, 0.717) is 12.3 Å². The number of alkyl halides is 1. The van der Waals surface area contributed by atoms with Gasteiger partial charge < -0.3 is 0 Å². The van der Waals surface area contributed by atoms with Gasteiger partial charge in [-0.15, -0.1) is 11.6 Å². The molecule has 0 N–H and O–H groups in total. The Balaban J connectivity index is 2.29. The highest BCUT2D eigenvalue weighted by Crippen LogP contribution is 2.33. The largest absolute Gasteiger partial charge is 0.286 e. The first-order valence-corrected chi connectivity index (χ1v) is 5.53. The van der Waals surface area contributed by atoms with Crippen LogP contribution in [0, 0.1) is 0 Å². The van der Waals surface area contributed by atoms with Gasteiger partial charge in [0.05, 0.1) is 0 Å². The van der Waals surface area contributed by atoms with Crippen molar-refractivity contribution in [1.29, 1.82) is 0 Å². The average Bonchev–Trinajstić information content (AvgIpc) is 2.44. The molecule has 0 bridgehead atoms. The monoisotopic (exact) mass is 212 g/mol. The van der Waals surface area contributed by atoms with Gasteiger partial charge in [0.15, 0.2) is 5.12 Å². The smallest absolute Gasteiger partial charge is 0.198 e. The molecular formula is C10H9ClOS. The third kappa shape index (κ3) is 1.89. The fourth-order valence-electron chi connectivity index (χ4n) is 1.42. The first-order valence-electron chi connectivity index (χ1n) is 4.18. The van der Waals surface area contributed by atoms with Crippen LogP contribution >= 0.6 is 23.4 Å². The third-order valence-corrected chi connectivity index (χ3v) is 3.23. The number of halogens is 1. The summed E-state index contributed by atoms with van der Waals surface area (Å²) in [7, 11) is 0. The first kappa shape index (κ1) is 9.10. The average molecular weight is 213 g/mol. The summed E-state index contributed by atoms with van der Waals surface area (Å²) in [6.07, 6.45) is 1.46. The predicted octanol–water partition coefficient (Wildman–Crippen LogP) is 2.64. The molecule has 2 rings (SSSR count). The third-order valence-electron chi connectivity index (χ3n) is 2.07. The van der Waals surface area contributed by atoms with Gasteiger partial charge in [0.2, 0.25) is 0 Å². The Hall–Kier alpha value is -0.470. The Kier molecular flexibility index (Phi) is 2.61. The van der Waals surface area contributed by atoms with Gasteiger partial charge in [-0.25, -0.2) is 0 Å². The Morgan fingerprint density at radius 2 is 2.31 bits per heavy atom. The van der Waals surface area contributed by atoms with Gasteiger partial charge in [0, 0.05) is 17.2 Å². The standard InChI is InChI=1S/C10H9ClOS/c11-4-3-7-1-2-8-6-10(12)13-9(8)5-7/h1-2,5H,3-4,6H2. The van der Waals surface area contributed by atoms with Crippen molar-refractivity contribution in [2.45, 2.75) is 17.7 Å². The molecular weight excluding hydrogens is 204 g/mol. The molecule has 0 unspecified atom stereocenters. The quantitative estimate of drug-likeness (QED) is 0.702. The number of aryl methyl sites for hydroxylation is 1. The molecule has 1 nitrogen and oxygen atoms in total. The van der Waals surface area contributed by atoms with E-state index >= 15 is 0 Å². The van der Waals surface area contributed by atoms with Gasteiger partial charge in [-0.05, 0) is 23.6 Å². The highest BCUT2D eigenvalue weighted by atomic mass is 35.5. The van der Waals surface area contributed by atoms with Gasteiger partial charge in [0.1, 0.15) is 0 Å². The molecule has 0 saturated heterocycles. The Morgan fingerprint density at radius 1 is 1.46 bits per heavy atom. The van der Waals surface area contributed by atoms with Gasteiger partial charge in [-0.2, -0.15) is 0 Å². The molecule has 1 aliphatic heterocycles. The maximum absolute atomic E-state index is 11.1. The van der Waals surface area contributed by atoms with Crippen molar-refractivity contribution < 1.29 is 4.79 Å². The van der Waals surface area contributed by atoms with E-state index in [1.165, 1.54) is 17.3 Å². The highest BCUT2D eigenvalue weighted by molar-refractivity contribution is 8.14. The minimum absolute atomic E-state index is 0.248. The molecule has 1 aliphatic rings. The summed E-state index contributed by atoms with van der Waals surface area (Å²) in [5.41, 5.74) is 2.38. The number of thioether (sulfide) groups is 1. The lowest BCUT2D eigenvalue weighted by Crippen LogP contribution is -1.88. The number of hydrogen-bond donors (Lipinski definition) is 0. The lowest BCUT2D eigenvalue weighted by molar-refractivity contribution is -0.110. The van der Waals surface area contributed by atoms with Crippen molar-refractivity contribution in [3.05, 3.63) is 29.3 Å². The maximum atomic E-state index is 11.1. The van der Waals surface area contributed by atoms with Gasteiger partial charge in [-0.3, -0.25) is 4.79 Å². The molecule has 3 heteroatoms. The van der Waals surface area contributed by atoms with E-state index in [1.54, 1.807) is 0 Å². The summed E-state index contributed by atoms with van der Waals surface area (Å²) in [4.78, 5) is 12.2. The number of rotatable bonds is 2. The van der Waals surface area contributed by atoms with E-state index in [9.17, 15) is 4.79 Å². The molecule has 0 aliphatic carbocycles. The molecule has 1 aromatic rings. The molecule has 0 aromatic heterocycles. The van der Waals surface area contributed by atoms with E-state index in [-0.39, 0.29) is 5.12 Å². The summed E-state index contributed by atoms with van der Waals surface area (Å²) >= 11 is 6.99. The zero-order chi connectivity index (χ0) is 9.26. The molecule has 13 heavy (non-hydrogen) atoms. The van der Waals surface area contributed by atoms with Crippen molar-refractivity contribution >= 4 is 28.5 Å². The Labute approximate surface area is 86.5 Å². The molecule has 0 amide bonds. The second-order valence-corrected chi connectivity index (χ2v) is 4.51. The fraction of sp³-hybridized carbons (Fsp3) is 0.300. The SMILES string of the molecule is O=C1Cc2ccc(CCCl)cc2S1. The van der Waals surface area contributed by atoms with Crippen LogP contribution in [0.15, 0.2) is 23.1 Å². The molecule has 1 aromatic carbocycles. The fourth-order valence-corrected chi connectivity index (χ4v) is 2.59. The van der Waals surface area contributed by atoms with Crippen LogP contribution in [0.2, 0.25) is 0 Å². The molecule has 1 heterocycles. The highest BCUT2D eigenvalue weighted by Gasteiger charge is 2.18. The minimum Gasteiger partial charge on any atom is -0.286 e. The number of fused-ring (bicyclic) bond motifs is 1. The molecule has 0 radical (unpaired) electrons. The summed E-state index contributed by atoms with van der Waals surface area (Å²) in [5, 5.41) is 0.248. The number of hydrogen-bond acceptors (Lipinski definition) is 2. The Bertz CT molecular complexity index is 349. The van der Waals surface area contributed by atoms with Crippen LogP contribution in [-0.4, -0.2) is 11.0 Å². The summed E-state index contributed by atoms with van der Waals surface area (Å²) in [6, 6.07) is 6.17. The van der Waals surface area contributed by atoms with Crippen molar-refractivity contribution in [2.75, 3.05) is 5.88 Å². The normalized spacial score (nSPS) is 14.7. The van der Waals surface area contributed by atoms with E-state index in [1.807, 2.05) is 6.07 Å². The van der Waals surface area contributed by atoms with Crippen LogP contribution in [0.3, 0.4) is 0 Å². The minimum atomic E-state index is 0.248. The summed E-state index contributed by atoms with van der Waals surface area (Å²) in [6.45, 7) is 0. The van der Waals surface area contributed by atoms with Crippen LogP contribution in [0.5, 0.6) is 0 Å². The van der Waals surface area contributed by atoms with Crippen molar-refractivity contribution in [3.63, 3.8) is 0 Å². The van der Waals surface area contributed by atoms with Gasteiger partial charge >= 0.3 is 0 Å². The number of benzene rings is 1. The van der Waals surface area contributed by atoms with Crippen LogP contribution in [-0.2, 0) is 17.6 Å². The second kappa shape index (κ2) is 3.72. The predicted molar refractivity (Wildman–Crippen MR) is 55.4 cm³/mol. The van der Waals surface area contributed by atoms with Crippen molar-refractivity contribution in [1.82, 2.24) is 0 Å². The zero-order valence-corrected chi connectivity index (χ0v) is 8.62. The first-order chi connectivity index (χ1) is 6.29. The molecule has 68 valence electrons. The maximum Gasteiger partial charge on any atom is 0.198 e. The number of carbonyl (C=O) groups is 1. The van der Waals surface area contributed by atoms with E-state index in [0.717, 1.165) is 16.9 Å². The second-order valence-electron chi connectivity index (χ2n) is 3.03. The van der Waals surface area contributed by atoms with E-state index in [2.05, 4.69) is 12.1 Å². The van der Waals surface area contributed by atoms with Crippen LogP contribution < -0.4 is 0 Å². The molecule has 0 atom stereocenters. The zero-order valence-electron chi connectivity index (χ0n) is 7.05. The lowest BCUT2D eigenvalue weighted by Gasteiger charge is -2.00. The van der Waals surface area contributed by atoms with E-state index < -0.39 is 0 Å². The van der Waals surface area contributed by atoms with E-state index in [4.69, 9.17) is 11.6 Å². The topological polar surface area (TPSA) is 17.1 Å². The number of carbonyl (C=O) groups excluding carboxylic acids is 1. The van der Waals surface area contributed by atoms with Crippen molar-refractivity contribution in [2.24, 2.45) is 0 Å². The molecule has 0 fully saturated rings.